The monoisotopic (exact) mass is 440 g/mol. The van der Waals surface area contributed by atoms with Gasteiger partial charge in [0.15, 0.2) is 0 Å². The van der Waals surface area contributed by atoms with E-state index in [0.29, 0.717) is 13.1 Å². The number of aromatic nitrogens is 1. The van der Waals surface area contributed by atoms with Crippen LogP contribution in [0.4, 0.5) is 0 Å². The Morgan fingerprint density at radius 3 is 2.37 bits per heavy atom. The third-order valence-corrected chi connectivity index (χ3v) is 5.84. The molecular weight excluding hydrogens is 415 g/mol. The number of nitrogens with zero attached hydrogens (tertiary/aromatic N) is 1. The second-order valence-corrected chi connectivity index (χ2v) is 7.72. The van der Waals surface area contributed by atoms with Crippen LogP contribution in [0.1, 0.15) is 28.5 Å². The Morgan fingerprint density at radius 1 is 0.933 bits per heavy atom. The van der Waals surface area contributed by atoms with Gasteiger partial charge in [-0.2, -0.15) is 0 Å². The van der Waals surface area contributed by atoms with Crippen LogP contribution in [0, 0.1) is 6.92 Å². The molecule has 0 aliphatic carbocycles. The summed E-state index contributed by atoms with van der Waals surface area (Å²) < 4.78 is 2.32. The van der Waals surface area contributed by atoms with Gasteiger partial charge in [0, 0.05) is 41.3 Å². The fraction of sp³-hybridized carbons (Fsp3) is 0.200. The van der Waals surface area contributed by atoms with E-state index < -0.39 is 6.10 Å². The summed E-state index contributed by atoms with van der Waals surface area (Å²) >= 11 is 6.41. The Kier molecular flexibility index (Phi) is 7.57. The lowest BCUT2D eigenvalue weighted by atomic mass is 10.1. The molecule has 1 atom stereocenters. The van der Waals surface area contributed by atoms with Gasteiger partial charge in [-0.05, 0) is 35.7 Å². The number of nitrogens with one attached hydrogen (secondary N) is 1. The van der Waals surface area contributed by atoms with E-state index in [4.69, 9.17) is 11.6 Å². The Labute approximate surface area is 188 Å². The van der Waals surface area contributed by atoms with E-state index in [1.54, 1.807) is 0 Å². The molecule has 0 amide bonds. The maximum atomic E-state index is 10.4. The van der Waals surface area contributed by atoms with Crippen molar-refractivity contribution in [2.45, 2.75) is 26.1 Å². The number of benzene rings is 3. The molecule has 4 rings (SSSR count). The zero-order chi connectivity index (χ0) is 20.2. The van der Waals surface area contributed by atoms with E-state index in [0.717, 1.165) is 22.7 Å². The number of aliphatic hydroxyl groups excluding tert-OH is 1. The Morgan fingerprint density at radius 2 is 1.60 bits per heavy atom. The molecule has 156 valence electrons. The molecule has 0 saturated heterocycles. The molecule has 0 spiro atoms. The van der Waals surface area contributed by atoms with Crippen molar-refractivity contribution in [2.24, 2.45) is 0 Å². The number of rotatable bonds is 7. The van der Waals surface area contributed by atoms with Crippen LogP contribution < -0.4 is 5.32 Å². The Bertz CT molecular complexity index is 1110. The highest BCUT2D eigenvalue weighted by Gasteiger charge is 2.15. The Balaban J connectivity index is 0.00000256. The van der Waals surface area contributed by atoms with Crippen LogP contribution in [-0.2, 0) is 13.1 Å². The maximum Gasteiger partial charge on any atom is 0.0914 e. The molecule has 5 heteroatoms. The first-order valence-corrected chi connectivity index (χ1v) is 10.3. The van der Waals surface area contributed by atoms with Gasteiger partial charge in [-0.15, -0.1) is 12.4 Å². The van der Waals surface area contributed by atoms with E-state index >= 15 is 0 Å². The van der Waals surface area contributed by atoms with E-state index in [1.165, 1.54) is 22.2 Å². The summed E-state index contributed by atoms with van der Waals surface area (Å²) in [4.78, 5) is 0. The van der Waals surface area contributed by atoms with Crippen LogP contribution in [-0.4, -0.2) is 16.2 Å². The molecule has 3 nitrogen and oxygen atoms in total. The maximum absolute atomic E-state index is 10.4. The lowest BCUT2D eigenvalue weighted by molar-refractivity contribution is 0.174. The van der Waals surface area contributed by atoms with Gasteiger partial charge in [-0.1, -0.05) is 78.3 Å². The molecule has 1 aromatic heterocycles. The molecule has 30 heavy (non-hydrogen) atoms. The average Bonchev–Trinajstić information content (AvgIpc) is 3.02. The largest absolute Gasteiger partial charge is 0.387 e. The van der Waals surface area contributed by atoms with E-state index in [1.807, 2.05) is 48.5 Å². The lowest BCUT2D eigenvalue weighted by Gasteiger charge is -2.13. The van der Waals surface area contributed by atoms with Crippen molar-refractivity contribution in [1.29, 1.82) is 0 Å². The third-order valence-electron chi connectivity index (χ3n) is 5.47. The summed E-state index contributed by atoms with van der Waals surface area (Å²) in [5.41, 5.74) is 5.71. The van der Waals surface area contributed by atoms with Crippen LogP contribution in [0.2, 0.25) is 5.02 Å². The van der Waals surface area contributed by atoms with Gasteiger partial charge in [0.25, 0.3) is 0 Å². The first-order valence-electron chi connectivity index (χ1n) is 9.89. The van der Waals surface area contributed by atoms with Crippen molar-refractivity contribution >= 4 is 34.9 Å². The first-order chi connectivity index (χ1) is 14.1. The van der Waals surface area contributed by atoms with Gasteiger partial charge < -0.3 is 15.0 Å². The van der Waals surface area contributed by atoms with Crippen molar-refractivity contribution in [3.8, 4) is 0 Å². The van der Waals surface area contributed by atoms with E-state index in [9.17, 15) is 5.11 Å². The molecule has 2 N–H and O–H groups in total. The highest BCUT2D eigenvalue weighted by Crippen LogP contribution is 2.28. The second-order valence-electron chi connectivity index (χ2n) is 7.32. The van der Waals surface area contributed by atoms with Crippen LogP contribution in [0.15, 0.2) is 78.9 Å². The van der Waals surface area contributed by atoms with Crippen LogP contribution in [0.3, 0.4) is 0 Å². The fourth-order valence-corrected chi connectivity index (χ4v) is 4.05. The number of hydrogen-bond acceptors (Lipinski definition) is 2. The highest BCUT2D eigenvalue weighted by atomic mass is 35.5. The van der Waals surface area contributed by atoms with Gasteiger partial charge >= 0.3 is 0 Å². The minimum Gasteiger partial charge on any atom is -0.387 e. The van der Waals surface area contributed by atoms with Crippen LogP contribution in [0.5, 0.6) is 0 Å². The zero-order valence-electron chi connectivity index (χ0n) is 16.9. The minimum absolute atomic E-state index is 0. The number of para-hydroxylation sites is 1. The van der Waals surface area contributed by atoms with Crippen molar-refractivity contribution in [3.05, 3.63) is 106 Å². The summed E-state index contributed by atoms with van der Waals surface area (Å²) in [7, 11) is 0. The van der Waals surface area contributed by atoms with Gasteiger partial charge in [0.1, 0.15) is 0 Å². The zero-order valence-corrected chi connectivity index (χ0v) is 18.5. The van der Waals surface area contributed by atoms with Gasteiger partial charge in [-0.3, -0.25) is 0 Å². The van der Waals surface area contributed by atoms with Gasteiger partial charge in [-0.25, -0.2) is 0 Å². The van der Waals surface area contributed by atoms with Crippen molar-refractivity contribution in [1.82, 2.24) is 9.88 Å². The number of aliphatic hydroxyl groups is 1. The molecule has 0 saturated carbocycles. The molecule has 0 aliphatic rings. The summed E-state index contributed by atoms with van der Waals surface area (Å²) in [6.07, 6.45) is -0.520. The van der Waals surface area contributed by atoms with Gasteiger partial charge in [0.2, 0.25) is 0 Å². The molecule has 1 unspecified atom stereocenters. The second kappa shape index (κ2) is 10.1. The normalized spacial score (nSPS) is 12.0. The predicted molar refractivity (Wildman–Crippen MR) is 128 cm³/mol. The number of fused-ring (bicyclic) bond motifs is 1. The topological polar surface area (TPSA) is 37.2 Å². The quantitative estimate of drug-likeness (QED) is 0.375. The number of halogens is 2. The van der Waals surface area contributed by atoms with E-state index in [2.05, 4.69) is 47.1 Å². The molecule has 0 radical (unpaired) electrons. The number of hydrogen-bond donors (Lipinski definition) is 2. The Hall–Kier alpha value is -2.30. The molecular formula is C25H26Cl2N2O. The summed E-state index contributed by atoms with van der Waals surface area (Å²) in [6, 6.07) is 26.2. The van der Waals surface area contributed by atoms with Crippen molar-refractivity contribution < 1.29 is 5.11 Å². The van der Waals surface area contributed by atoms with Crippen LogP contribution >= 0.6 is 24.0 Å². The lowest BCUT2D eigenvalue weighted by Crippen LogP contribution is -2.21. The minimum atomic E-state index is -0.520. The SMILES string of the molecule is Cc1c(CNCC(O)c2ccccc2)c2ccccc2n1Cc1ccccc1Cl.Cl. The smallest absolute Gasteiger partial charge is 0.0914 e. The van der Waals surface area contributed by atoms with Crippen LogP contribution in [0.25, 0.3) is 10.9 Å². The summed E-state index contributed by atoms with van der Waals surface area (Å²) in [5, 5.41) is 15.9. The predicted octanol–water partition coefficient (Wildman–Crippen LogP) is 5.90. The average molecular weight is 441 g/mol. The standard InChI is InChI=1S/C25H25ClN2O.ClH/c1-18-22(15-27-16-25(29)19-9-3-2-4-10-19)21-12-6-8-14-24(21)28(18)17-20-11-5-7-13-23(20)26;/h2-14,25,27,29H,15-17H2,1H3;1H. The molecule has 0 bridgehead atoms. The molecule has 3 aromatic carbocycles. The van der Waals surface area contributed by atoms with E-state index in [-0.39, 0.29) is 12.4 Å². The molecule has 4 aromatic rings. The van der Waals surface area contributed by atoms with Crippen molar-refractivity contribution in [3.63, 3.8) is 0 Å². The molecule has 1 heterocycles. The third kappa shape index (κ3) is 4.71. The fourth-order valence-electron chi connectivity index (χ4n) is 3.85. The molecule has 0 aliphatic heterocycles. The summed E-state index contributed by atoms with van der Waals surface area (Å²) in [6.45, 7) is 4.10. The molecule has 0 fully saturated rings. The first kappa shape index (κ1) is 22.4. The highest BCUT2D eigenvalue weighted by molar-refractivity contribution is 6.31. The van der Waals surface area contributed by atoms with Gasteiger partial charge in [0.05, 0.1) is 6.10 Å². The summed E-state index contributed by atoms with van der Waals surface area (Å²) in [5.74, 6) is 0. The van der Waals surface area contributed by atoms with Crippen molar-refractivity contribution in [2.75, 3.05) is 6.54 Å².